The van der Waals surface area contributed by atoms with Crippen molar-refractivity contribution in [2.75, 3.05) is 10.6 Å². The first-order chi connectivity index (χ1) is 16.8. The molecule has 2 atom stereocenters. The van der Waals surface area contributed by atoms with E-state index in [1.165, 1.54) is 0 Å². The van der Waals surface area contributed by atoms with Crippen LogP contribution in [0.1, 0.15) is 51.0 Å². The first-order valence-corrected chi connectivity index (χ1v) is 12.1. The van der Waals surface area contributed by atoms with Crippen molar-refractivity contribution >= 4 is 46.3 Å². The summed E-state index contributed by atoms with van der Waals surface area (Å²) in [4.78, 5) is 25.2. The van der Waals surface area contributed by atoms with Gasteiger partial charge >= 0.3 is 0 Å². The van der Waals surface area contributed by atoms with Gasteiger partial charge in [-0.05, 0) is 51.0 Å². The monoisotopic (exact) mass is 505 g/mol. The number of fused-ring (bicyclic) bond motifs is 1. The number of carbonyl (C=O) groups excluding carboxylic acids is 1. The number of amides is 1. The van der Waals surface area contributed by atoms with Crippen molar-refractivity contribution in [3.05, 3.63) is 35.0 Å². The molecule has 0 bridgehead atoms. The summed E-state index contributed by atoms with van der Waals surface area (Å²) in [5.74, 6) is -1.52. The molecule has 2 aliphatic rings. The van der Waals surface area contributed by atoms with Crippen molar-refractivity contribution in [3.63, 3.8) is 0 Å². The number of anilines is 3. The van der Waals surface area contributed by atoms with Crippen LogP contribution in [0.4, 0.5) is 26.4 Å². The molecule has 0 saturated heterocycles. The number of aromatic nitrogens is 4. The third-order valence-corrected chi connectivity index (χ3v) is 7.23. The molecular weight excluding hydrogens is 480 g/mol. The predicted octanol–water partition coefficient (Wildman–Crippen LogP) is 4.04. The van der Waals surface area contributed by atoms with E-state index in [-0.39, 0.29) is 40.6 Å². The summed E-state index contributed by atoms with van der Waals surface area (Å²) in [5.41, 5.74) is 6.39. The summed E-state index contributed by atoms with van der Waals surface area (Å²) in [6.07, 6.45) is 6.04. The Hall–Kier alpha value is -3.05. The van der Waals surface area contributed by atoms with Crippen molar-refractivity contribution in [2.24, 2.45) is 11.7 Å². The molecular formula is C23H26ClF2N7O2. The third kappa shape index (κ3) is 4.74. The fraction of sp³-hybridized carbons (Fsp3) is 0.478. The van der Waals surface area contributed by atoms with Gasteiger partial charge in [-0.15, -0.1) is 0 Å². The Kier molecular flexibility index (Phi) is 6.45. The predicted molar refractivity (Wildman–Crippen MR) is 127 cm³/mol. The molecule has 0 radical (unpaired) electrons. The standard InChI is InChI=1S/C23H26ClF2N7O2/c24-14-8-12(25)9-15(26)19(14)31-23-30-17-10-28-22(29-16-2-1-3-18(16)34)32-21(17)33(23)13-6-4-11(5-7-13)20(27)35/h8-11,13,16,18,34H,1-7H2,(H2,27,35)(H,30,31)(H,28,29,32)/t11-,13-,16-,18-/m1/s1. The van der Waals surface area contributed by atoms with Crippen LogP contribution in [-0.2, 0) is 4.79 Å². The molecule has 186 valence electrons. The second-order valence-corrected chi connectivity index (χ2v) is 9.64. The highest BCUT2D eigenvalue weighted by molar-refractivity contribution is 6.33. The quantitative estimate of drug-likeness (QED) is 0.397. The van der Waals surface area contributed by atoms with Crippen LogP contribution in [0.5, 0.6) is 0 Å². The Morgan fingerprint density at radius 1 is 1.14 bits per heavy atom. The number of nitrogens with two attached hydrogens (primary N) is 1. The summed E-state index contributed by atoms with van der Waals surface area (Å²) in [6.45, 7) is 0. The second-order valence-electron chi connectivity index (χ2n) is 9.23. The summed E-state index contributed by atoms with van der Waals surface area (Å²) >= 11 is 6.12. The number of hydrogen-bond donors (Lipinski definition) is 4. The zero-order valence-electron chi connectivity index (χ0n) is 18.8. The van der Waals surface area contributed by atoms with Crippen molar-refractivity contribution in [1.29, 1.82) is 0 Å². The van der Waals surface area contributed by atoms with Gasteiger partial charge in [0.15, 0.2) is 11.5 Å². The maximum Gasteiger partial charge on any atom is 0.225 e. The van der Waals surface area contributed by atoms with E-state index in [1.54, 1.807) is 6.20 Å². The molecule has 2 saturated carbocycles. The van der Waals surface area contributed by atoms with Crippen LogP contribution in [0.25, 0.3) is 11.2 Å². The molecule has 0 spiro atoms. The second kappa shape index (κ2) is 9.54. The Bertz CT molecular complexity index is 1240. The SMILES string of the molecule is NC(=O)[C@H]1CC[C@H](n2c(Nc3c(F)cc(F)cc3Cl)nc3cnc(N[C@@H]4CCC[C@H]4O)nc32)CC1. The van der Waals surface area contributed by atoms with Gasteiger partial charge in [0.25, 0.3) is 0 Å². The first-order valence-electron chi connectivity index (χ1n) is 11.7. The van der Waals surface area contributed by atoms with E-state index in [9.17, 15) is 18.7 Å². The zero-order valence-corrected chi connectivity index (χ0v) is 19.6. The minimum atomic E-state index is -0.852. The summed E-state index contributed by atoms with van der Waals surface area (Å²) in [7, 11) is 0. The number of carbonyl (C=O) groups is 1. The van der Waals surface area contributed by atoms with Crippen LogP contribution in [0, 0.1) is 17.6 Å². The Morgan fingerprint density at radius 2 is 1.91 bits per heavy atom. The molecule has 2 fully saturated rings. The Labute approximate surface area is 205 Å². The molecule has 1 amide bonds. The molecule has 35 heavy (non-hydrogen) atoms. The number of hydrogen-bond acceptors (Lipinski definition) is 7. The number of aliphatic hydroxyl groups is 1. The van der Waals surface area contributed by atoms with Crippen molar-refractivity contribution in [2.45, 2.75) is 63.1 Å². The molecule has 12 heteroatoms. The van der Waals surface area contributed by atoms with E-state index >= 15 is 0 Å². The fourth-order valence-corrected chi connectivity index (χ4v) is 5.30. The largest absolute Gasteiger partial charge is 0.391 e. The minimum absolute atomic E-state index is 0.0970. The molecule has 5 rings (SSSR count). The lowest BCUT2D eigenvalue weighted by atomic mass is 9.85. The molecule has 1 aromatic carbocycles. The lowest BCUT2D eigenvalue weighted by Gasteiger charge is -2.29. The number of nitrogens with zero attached hydrogens (tertiary/aromatic N) is 4. The van der Waals surface area contributed by atoms with Gasteiger partial charge in [0, 0.05) is 18.0 Å². The van der Waals surface area contributed by atoms with Gasteiger partial charge in [-0.2, -0.15) is 4.98 Å². The minimum Gasteiger partial charge on any atom is -0.391 e. The van der Waals surface area contributed by atoms with Gasteiger partial charge in [-0.25, -0.2) is 18.7 Å². The zero-order chi connectivity index (χ0) is 24.7. The lowest BCUT2D eigenvalue weighted by Crippen LogP contribution is -2.29. The number of imidazole rings is 1. The maximum atomic E-state index is 14.6. The average molecular weight is 506 g/mol. The number of benzene rings is 1. The molecule has 9 nitrogen and oxygen atoms in total. The van der Waals surface area contributed by atoms with Gasteiger partial charge in [-0.1, -0.05) is 11.6 Å². The highest BCUT2D eigenvalue weighted by Crippen LogP contribution is 2.38. The first kappa shape index (κ1) is 23.7. The van der Waals surface area contributed by atoms with Crippen LogP contribution in [0.2, 0.25) is 5.02 Å². The molecule has 3 aromatic rings. The molecule has 2 heterocycles. The summed E-state index contributed by atoms with van der Waals surface area (Å²) in [6, 6.07) is 1.53. The van der Waals surface area contributed by atoms with Gasteiger partial charge in [0.2, 0.25) is 17.8 Å². The molecule has 5 N–H and O–H groups in total. The van der Waals surface area contributed by atoms with Gasteiger partial charge in [0.05, 0.1) is 29.1 Å². The Morgan fingerprint density at radius 3 is 2.57 bits per heavy atom. The molecule has 2 aromatic heterocycles. The van der Waals surface area contributed by atoms with Crippen LogP contribution in [0.15, 0.2) is 18.3 Å². The van der Waals surface area contributed by atoms with E-state index in [0.29, 0.717) is 42.8 Å². The van der Waals surface area contributed by atoms with Gasteiger partial charge < -0.3 is 21.5 Å². The normalized spacial score (nSPS) is 24.6. The van der Waals surface area contributed by atoms with Gasteiger partial charge in [0.1, 0.15) is 11.3 Å². The van der Waals surface area contributed by atoms with Crippen molar-refractivity contribution in [1.82, 2.24) is 19.5 Å². The van der Waals surface area contributed by atoms with E-state index in [1.807, 2.05) is 4.57 Å². The van der Waals surface area contributed by atoms with Gasteiger partial charge in [-0.3, -0.25) is 9.36 Å². The highest BCUT2D eigenvalue weighted by atomic mass is 35.5. The van der Waals surface area contributed by atoms with E-state index in [4.69, 9.17) is 17.3 Å². The van der Waals surface area contributed by atoms with Crippen LogP contribution >= 0.6 is 11.6 Å². The molecule has 2 aliphatic carbocycles. The van der Waals surface area contributed by atoms with Crippen LogP contribution in [-0.4, -0.2) is 42.7 Å². The number of primary amides is 1. The highest BCUT2D eigenvalue weighted by Gasteiger charge is 2.30. The van der Waals surface area contributed by atoms with E-state index in [0.717, 1.165) is 31.4 Å². The maximum absolute atomic E-state index is 14.6. The van der Waals surface area contributed by atoms with E-state index in [2.05, 4.69) is 25.6 Å². The third-order valence-electron chi connectivity index (χ3n) is 6.93. The van der Waals surface area contributed by atoms with Crippen LogP contribution in [0.3, 0.4) is 0 Å². The average Bonchev–Trinajstić information content (AvgIpc) is 3.38. The van der Waals surface area contributed by atoms with Crippen molar-refractivity contribution in [3.8, 4) is 0 Å². The molecule has 0 unspecified atom stereocenters. The lowest BCUT2D eigenvalue weighted by molar-refractivity contribution is -0.122. The smallest absolute Gasteiger partial charge is 0.225 e. The summed E-state index contributed by atoms with van der Waals surface area (Å²) < 4.78 is 30.0. The number of nitrogens with one attached hydrogen (secondary N) is 2. The van der Waals surface area contributed by atoms with Crippen molar-refractivity contribution < 1.29 is 18.7 Å². The van der Waals surface area contributed by atoms with E-state index < -0.39 is 17.7 Å². The Balaban J connectivity index is 1.54. The van der Waals surface area contributed by atoms with Crippen LogP contribution < -0.4 is 16.4 Å². The molecule has 0 aliphatic heterocycles. The number of halogens is 3. The summed E-state index contributed by atoms with van der Waals surface area (Å²) in [5, 5.41) is 16.2. The number of rotatable bonds is 6. The topological polar surface area (TPSA) is 131 Å². The fourth-order valence-electron chi connectivity index (χ4n) is 5.06. The number of aliphatic hydroxyl groups excluding tert-OH is 1.